The molecular weight excluding hydrogens is 332 g/mol. The van der Waals surface area contributed by atoms with E-state index >= 15 is 0 Å². The lowest BCUT2D eigenvalue weighted by Crippen LogP contribution is -2.27. The minimum absolute atomic E-state index is 0.216. The van der Waals surface area contributed by atoms with Gasteiger partial charge < -0.3 is 11.1 Å². The van der Waals surface area contributed by atoms with E-state index in [4.69, 9.17) is 17.3 Å². The van der Waals surface area contributed by atoms with Gasteiger partial charge in [0.1, 0.15) is 0 Å². The summed E-state index contributed by atoms with van der Waals surface area (Å²) in [5.74, 6) is -0.216. The summed E-state index contributed by atoms with van der Waals surface area (Å²) >= 11 is 9.33. The SMILES string of the molecule is Nc1cnn(CCNC(=O)c2cccc(Br)c2Cl)c1. The van der Waals surface area contributed by atoms with E-state index < -0.39 is 0 Å². The highest BCUT2D eigenvalue weighted by molar-refractivity contribution is 9.10. The number of aromatic nitrogens is 2. The smallest absolute Gasteiger partial charge is 0.252 e. The third-order valence-electron chi connectivity index (χ3n) is 2.48. The Kier molecular flexibility index (Phi) is 4.44. The van der Waals surface area contributed by atoms with Gasteiger partial charge >= 0.3 is 0 Å². The predicted molar refractivity (Wildman–Crippen MR) is 78.1 cm³/mol. The number of carbonyl (C=O) groups excluding carboxylic acids is 1. The maximum Gasteiger partial charge on any atom is 0.252 e. The Morgan fingerprint density at radius 2 is 2.32 bits per heavy atom. The Bertz CT molecular complexity index is 599. The van der Waals surface area contributed by atoms with Crippen LogP contribution in [-0.4, -0.2) is 22.2 Å². The summed E-state index contributed by atoms with van der Waals surface area (Å²) in [6.07, 6.45) is 3.27. The van der Waals surface area contributed by atoms with Crippen LogP contribution in [0.3, 0.4) is 0 Å². The van der Waals surface area contributed by atoms with Crippen LogP contribution in [0.2, 0.25) is 5.02 Å². The molecule has 0 saturated carbocycles. The summed E-state index contributed by atoms with van der Waals surface area (Å²) in [6.45, 7) is 0.997. The molecule has 1 heterocycles. The summed E-state index contributed by atoms with van der Waals surface area (Å²) in [5.41, 5.74) is 6.58. The summed E-state index contributed by atoms with van der Waals surface area (Å²) < 4.78 is 2.36. The number of hydrogen-bond acceptors (Lipinski definition) is 3. The molecule has 0 unspecified atom stereocenters. The zero-order valence-corrected chi connectivity index (χ0v) is 12.3. The number of hydrogen-bond donors (Lipinski definition) is 2. The topological polar surface area (TPSA) is 72.9 Å². The molecule has 100 valence electrons. The Labute approximate surface area is 123 Å². The number of rotatable bonds is 4. The molecule has 0 aliphatic heterocycles. The predicted octanol–water partition coefficient (Wildman–Crippen LogP) is 2.31. The first-order valence-electron chi connectivity index (χ1n) is 5.58. The highest BCUT2D eigenvalue weighted by atomic mass is 79.9. The number of nitrogens with one attached hydrogen (secondary N) is 1. The van der Waals surface area contributed by atoms with Gasteiger partial charge in [-0.25, -0.2) is 0 Å². The summed E-state index contributed by atoms with van der Waals surface area (Å²) in [7, 11) is 0. The van der Waals surface area contributed by atoms with Gasteiger partial charge in [-0.3, -0.25) is 9.48 Å². The summed E-state index contributed by atoms with van der Waals surface area (Å²) in [5, 5.41) is 7.21. The van der Waals surface area contributed by atoms with E-state index in [1.54, 1.807) is 35.3 Å². The molecule has 0 bridgehead atoms. The maximum absolute atomic E-state index is 11.9. The number of nitrogen functional groups attached to an aromatic ring is 1. The van der Waals surface area contributed by atoms with Crippen molar-refractivity contribution in [1.82, 2.24) is 15.1 Å². The van der Waals surface area contributed by atoms with Gasteiger partial charge in [0.2, 0.25) is 0 Å². The molecule has 3 N–H and O–H groups in total. The number of benzene rings is 1. The molecule has 0 aliphatic carbocycles. The molecule has 5 nitrogen and oxygen atoms in total. The second-order valence-electron chi connectivity index (χ2n) is 3.89. The zero-order valence-electron chi connectivity index (χ0n) is 9.94. The number of anilines is 1. The number of nitrogens with two attached hydrogens (primary N) is 1. The van der Waals surface area contributed by atoms with Crippen LogP contribution in [-0.2, 0) is 6.54 Å². The number of halogens is 2. The lowest BCUT2D eigenvalue weighted by atomic mass is 10.2. The Balaban J connectivity index is 1.93. The van der Waals surface area contributed by atoms with Gasteiger partial charge in [-0.1, -0.05) is 17.7 Å². The fraction of sp³-hybridized carbons (Fsp3) is 0.167. The van der Waals surface area contributed by atoms with Crippen molar-refractivity contribution < 1.29 is 4.79 Å². The van der Waals surface area contributed by atoms with E-state index in [1.165, 1.54) is 0 Å². The molecular formula is C12H12BrClN4O. The zero-order chi connectivity index (χ0) is 13.8. The van der Waals surface area contributed by atoms with Gasteiger partial charge in [-0.15, -0.1) is 0 Å². The van der Waals surface area contributed by atoms with Crippen molar-refractivity contribution in [3.05, 3.63) is 45.7 Å². The lowest BCUT2D eigenvalue weighted by Gasteiger charge is -2.07. The molecule has 1 aromatic heterocycles. The third-order valence-corrected chi connectivity index (χ3v) is 3.77. The highest BCUT2D eigenvalue weighted by Gasteiger charge is 2.11. The molecule has 7 heteroatoms. The third kappa shape index (κ3) is 3.48. The van der Waals surface area contributed by atoms with E-state index in [0.717, 1.165) is 0 Å². The van der Waals surface area contributed by atoms with Crippen molar-refractivity contribution in [3.63, 3.8) is 0 Å². The first-order valence-corrected chi connectivity index (χ1v) is 6.75. The number of amides is 1. The van der Waals surface area contributed by atoms with Gasteiger partial charge in [0.25, 0.3) is 5.91 Å². The van der Waals surface area contributed by atoms with Gasteiger partial charge in [0.05, 0.1) is 29.0 Å². The van der Waals surface area contributed by atoms with Gasteiger partial charge in [-0.2, -0.15) is 5.10 Å². The molecule has 1 amide bonds. The molecule has 19 heavy (non-hydrogen) atoms. The monoisotopic (exact) mass is 342 g/mol. The van der Waals surface area contributed by atoms with Crippen molar-refractivity contribution in [2.24, 2.45) is 0 Å². The van der Waals surface area contributed by atoms with Gasteiger partial charge in [0.15, 0.2) is 0 Å². The van der Waals surface area contributed by atoms with Crippen molar-refractivity contribution in [3.8, 4) is 0 Å². The minimum Gasteiger partial charge on any atom is -0.396 e. The van der Waals surface area contributed by atoms with Gasteiger partial charge in [0, 0.05) is 17.2 Å². The second kappa shape index (κ2) is 6.08. The Morgan fingerprint density at radius 1 is 1.53 bits per heavy atom. The van der Waals surface area contributed by atoms with Crippen LogP contribution >= 0.6 is 27.5 Å². The Morgan fingerprint density at radius 3 is 3.00 bits per heavy atom. The fourth-order valence-corrected chi connectivity index (χ4v) is 2.14. The summed E-state index contributed by atoms with van der Waals surface area (Å²) in [4.78, 5) is 11.9. The molecule has 2 aromatic rings. The van der Waals surface area contributed by atoms with E-state index in [2.05, 4.69) is 26.3 Å². The van der Waals surface area contributed by atoms with E-state index in [1.807, 2.05) is 0 Å². The van der Waals surface area contributed by atoms with Crippen LogP contribution in [0.25, 0.3) is 0 Å². The second-order valence-corrected chi connectivity index (χ2v) is 5.13. The van der Waals surface area contributed by atoms with Crippen molar-refractivity contribution in [2.75, 3.05) is 12.3 Å². The largest absolute Gasteiger partial charge is 0.396 e. The highest BCUT2D eigenvalue weighted by Crippen LogP contribution is 2.25. The average Bonchev–Trinajstić information content (AvgIpc) is 2.78. The van der Waals surface area contributed by atoms with Crippen LogP contribution in [0.4, 0.5) is 5.69 Å². The maximum atomic E-state index is 11.9. The molecule has 0 fully saturated rings. The normalized spacial score (nSPS) is 10.4. The van der Waals surface area contributed by atoms with Crippen LogP contribution in [0.15, 0.2) is 35.1 Å². The van der Waals surface area contributed by atoms with Crippen LogP contribution < -0.4 is 11.1 Å². The number of nitrogens with zero attached hydrogens (tertiary/aromatic N) is 2. The van der Waals surface area contributed by atoms with Crippen molar-refractivity contribution in [2.45, 2.75) is 6.54 Å². The fourth-order valence-electron chi connectivity index (χ4n) is 1.56. The van der Waals surface area contributed by atoms with Crippen LogP contribution in [0.1, 0.15) is 10.4 Å². The average molecular weight is 344 g/mol. The van der Waals surface area contributed by atoms with Gasteiger partial charge in [-0.05, 0) is 28.1 Å². The standard InChI is InChI=1S/C12H12BrClN4O/c13-10-3-1-2-9(11(10)14)12(19)16-4-5-18-7-8(15)6-17-18/h1-3,6-7H,4-5,15H2,(H,16,19). The Hall–Kier alpha value is -1.53. The molecule has 1 aromatic carbocycles. The molecule has 2 rings (SSSR count). The molecule has 0 spiro atoms. The van der Waals surface area contributed by atoms with Crippen molar-refractivity contribution >= 4 is 39.1 Å². The quantitative estimate of drug-likeness (QED) is 0.895. The van der Waals surface area contributed by atoms with E-state index in [-0.39, 0.29) is 5.91 Å². The summed E-state index contributed by atoms with van der Waals surface area (Å²) in [6, 6.07) is 5.22. The first kappa shape index (κ1) is 13.9. The van der Waals surface area contributed by atoms with E-state index in [9.17, 15) is 4.79 Å². The van der Waals surface area contributed by atoms with Crippen molar-refractivity contribution in [1.29, 1.82) is 0 Å². The van der Waals surface area contributed by atoms with E-state index in [0.29, 0.717) is 33.8 Å². The molecule has 0 atom stereocenters. The molecule has 0 saturated heterocycles. The van der Waals surface area contributed by atoms with Crippen LogP contribution in [0.5, 0.6) is 0 Å². The minimum atomic E-state index is -0.216. The lowest BCUT2D eigenvalue weighted by molar-refractivity contribution is 0.0952. The van der Waals surface area contributed by atoms with Crippen LogP contribution in [0, 0.1) is 0 Å². The first-order chi connectivity index (χ1) is 9.08. The number of carbonyl (C=O) groups is 1. The molecule has 0 radical (unpaired) electrons. The molecule has 0 aliphatic rings.